The topological polar surface area (TPSA) is 49.4 Å². The molecule has 4 heteroatoms. The molecule has 0 aromatic heterocycles. The van der Waals surface area contributed by atoms with Gasteiger partial charge in [-0.15, -0.1) is 0 Å². The lowest BCUT2D eigenvalue weighted by atomic mass is 9.83. The highest BCUT2D eigenvalue weighted by Crippen LogP contribution is 2.33. The summed E-state index contributed by atoms with van der Waals surface area (Å²) in [6.45, 7) is 6.08. The Kier molecular flexibility index (Phi) is 5.28. The second-order valence-corrected chi connectivity index (χ2v) is 6.59. The summed E-state index contributed by atoms with van der Waals surface area (Å²) in [5.41, 5.74) is -0.668. The number of amides is 2. The standard InChI is InChI=1S/C17H30N2O2/c1-4-10-14-15(20)18-17(5-2,6-3)16(21)19(14)13-11-8-7-9-12-13/h13-14H,4-12H2,1-3H3,(H,18,20). The zero-order valence-corrected chi connectivity index (χ0v) is 13.8. The molecule has 2 aliphatic rings. The number of nitrogens with one attached hydrogen (secondary N) is 1. The van der Waals surface area contributed by atoms with Crippen LogP contribution in [0, 0.1) is 0 Å². The van der Waals surface area contributed by atoms with Crippen molar-refractivity contribution in [1.29, 1.82) is 0 Å². The number of carbonyl (C=O) groups excluding carboxylic acids is 2. The maximum Gasteiger partial charge on any atom is 0.249 e. The molecular formula is C17H30N2O2. The number of nitrogens with zero attached hydrogens (tertiary/aromatic N) is 1. The Labute approximate surface area is 128 Å². The third kappa shape index (κ3) is 2.95. The summed E-state index contributed by atoms with van der Waals surface area (Å²) in [7, 11) is 0. The van der Waals surface area contributed by atoms with Gasteiger partial charge in [0, 0.05) is 6.04 Å². The van der Waals surface area contributed by atoms with Gasteiger partial charge < -0.3 is 10.2 Å². The first-order valence-corrected chi connectivity index (χ1v) is 8.74. The third-order valence-corrected chi connectivity index (χ3v) is 5.38. The fourth-order valence-corrected chi connectivity index (χ4v) is 3.94. The third-order valence-electron chi connectivity index (χ3n) is 5.38. The van der Waals surface area contributed by atoms with Crippen LogP contribution in [0.2, 0.25) is 0 Å². The van der Waals surface area contributed by atoms with E-state index < -0.39 is 5.54 Å². The molecular weight excluding hydrogens is 264 g/mol. The molecule has 0 aromatic carbocycles. The minimum atomic E-state index is -0.668. The second kappa shape index (κ2) is 6.80. The van der Waals surface area contributed by atoms with Crippen LogP contribution < -0.4 is 5.32 Å². The maximum atomic E-state index is 13.2. The second-order valence-electron chi connectivity index (χ2n) is 6.59. The molecule has 2 amide bonds. The highest BCUT2D eigenvalue weighted by Gasteiger charge is 2.50. The van der Waals surface area contributed by atoms with Crippen molar-refractivity contribution < 1.29 is 9.59 Å². The average molecular weight is 294 g/mol. The normalized spacial score (nSPS) is 26.8. The molecule has 1 atom stereocenters. The Morgan fingerprint density at radius 1 is 1.10 bits per heavy atom. The summed E-state index contributed by atoms with van der Waals surface area (Å²) in [4.78, 5) is 27.7. The van der Waals surface area contributed by atoms with Gasteiger partial charge >= 0.3 is 0 Å². The van der Waals surface area contributed by atoms with E-state index in [4.69, 9.17) is 0 Å². The van der Waals surface area contributed by atoms with Gasteiger partial charge in [-0.3, -0.25) is 9.59 Å². The summed E-state index contributed by atoms with van der Waals surface area (Å²) in [6.07, 6.45) is 8.80. The average Bonchev–Trinajstić information content (AvgIpc) is 2.52. The van der Waals surface area contributed by atoms with Crippen molar-refractivity contribution in [3.05, 3.63) is 0 Å². The SMILES string of the molecule is CCCC1C(=O)NC(CC)(CC)C(=O)N1C1CCCCC1. The summed E-state index contributed by atoms with van der Waals surface area (Å²) in [5, 5.41) is 3.05. The molecule has 1 aliphatic carbocycles. The van der Waals surface area contributed by atoms with E-state index in [1.54, 1.807) is 0 Å². The fraction of sp³-hybridized carbons (Fsp3) is 0.882. The minimum Gasteiger partial charge on any atom is -0.340 e. The van der Waals surface area contributed by atoms with Crippen molar-refractivity contribution in [2.45, 2.75) is 96.2 Å². The van der Waals surface area contributed by atoms with Crippen molar-refractivity contribution in [1.82, 2.24) is 10.2 Å². The summed E-state index contributed by atoms with van der Waals surface area (Å²) in [5.74, 6) is 0.225. The quantitative estimate of drug-likeness (QED) is 0.847. The molecule has 1 N–H and O–H groups in total. The first-order chi connectivity index (χ1) is 10.1. The highest BCUT2D eigenvalue weighted by molar-refractivity contribution is 6.00. The molecule has 2 rings (SSSR count). The van der Waals surface area contributed by atoms with Crippen LogP contribution in [0.1, 0.15) is 78.6 Å². The molecule has 0 spiro atoms. The summed E-state index contributed by atoms with van der Waals surface area (Å²) < 4.78 is 0. The van der Waals surface area contributed by atoms with Crippen LogP contribution in [0.25, 0.3) is 0 Å². The summed E-state index contributed by atoms with van der Waals surface area (Å²) in [6, 6.07) is 0.0168. The van der Waals surface area contributed by atoms with Gasteiger partial charge in [-0.25, -0.2) is 0 Å². The molecule has 0 aromatic rings. The number of hydrogen-bond donors (Lipinski definition) is 1. The molecule has 1 heterocycles. The van der Waals surface area contributed by atoms with Crippen LogP contribution in [0.4, 0.5) is 0 Å². The van der Waals surface area contributed by atoms with E-state index in [2.05, 4.69) is 12.2 Å². The van der Waals surface area contributed by atoms with Crippen molar-refractivity contribution in [2.24, 2.45) is 0 Å². The van der Waals surface area contributed by atoms with Crippen LogP contribution in [-0.2, 0) is 9.59 Å². The molecule has 1 aliphatic heterocycles. The van der Waals surface area contributed by atoms with Crippen molar-refractivity contribution in [3.63, 3.8) is 0 Å². The van der Waals surface area contributed by atoms with Gasteiger partial charge in [0.1, 0.15) is 11.6 Å². The predicted molar refractivity (Wildman–Crippen MR) is 83.9 cm³/mol. The van der Waals surface area contributed by atoms with Crippen molar-refractivity contribution >= 4 is 11.8 Å². The van der Waals surface area contributed by atoms with Crippen LogP contribution in [0.15, 0.2) is 0 Å². The number of hydrogen-bond acceptors (Lipinski definition) is 2. The lowest BCUT2D eigenvalue weighted by molar-refractivity contribution is -0.159. The van der Waals surface area contributed by atoms with Crippen LogP contribution in [-0.4, -0.2) is 34.3 Å². The number of carbonyl (C=O) groups is 2. The van der Waals surface area contributed by atoms with E-state index in [0.29, 0.717) is 12.8 Å². The molecule has 1 unspecified atom stereocenters. The Morgan fingerprint density at radius 2 is 1.71 bits per heavy atom. The van der Waals surface area contributed by atoms with Gasteiger partial charge in [0.25, 0.3) is 0 Å². The molecule has 0 bridgehead atoms. The lowest BCUT2D eigenvalue weighted by Gasteiger charge is -2.49. The molecule has 1 saturated carbocycles. The smallest absolute Gasteiger partial charge is 0.249 e. The van der Waals surface area contributed by atoms with Gasteiger partial charge in [0.2, 0.25) is 11.8 Å². The highest BCUT2D eigenvalue weighted by atomic mass is 16.2. The molecule has 2 fully saturated rings. The van der Waals surface area contributed by atoms with Crippen molar-refractivity contribution in [3.8, 4) is 0 Å². The first kappa shape index (κ1) is 16.3. The fourth-order valence-electron chi connectivity index (χ4n) is 3.94. The summed E-state index contributed by atoms with van der Waals surface area (Å²) >= 11 is 0. The Morgan fingerprint density at radius 3 is 2.24 bits per heavy atom. The van der Waals surface area contributed by atoms with Gasteiger partial charge in [-0.2, -0.15) is 0 Å². The molecule has 0 radical (unpaired) electrons. The van der Waals surface area contributed by atoms with E-state index in [0.717, 1.165) is 25.7 Å². The zero-order valence-electron chi connectivity index (χ0n) is 13.8. The number of piperazine rings is 1. The van der Waals surface area contributed by atoms with E-state index >= 15 is 0 Å². The molecule has 21 heavy (non-hydrogen) atoms. The van der Waals surface area contributed by atoms with Crippen molar-refractivity contribution in [2.75, 3.05) is 0 Å². The maximum absolute atomic E-state index is 13.2. The Hall–Kier alpha value is -1.06. The minimum absolute atomic E-state index is 0.0609. The first-order valence-electron chi connectivity index (χ1n) is 8.74. The van der Waals surface area contributed by atoms with E-state index in [9.17, 15) is 9.59 Å². The van der Waals surface area contributed by atoms with E-state index in [1.807, 2.05) is 18.7 Å². The molecule has 1 saturated heterocycles. The van der Waals surface area contributed by atoms with Crippen LogP contribution >= 0.6 is 0 Å². The largest absolute Gasteiger partial charge is 0.340 e. The monoisotopic (exact) mass is 294 g/mol. The van der Waals surface area contributed by atoms with Gasteiger partial charge in [0.15, 0.2) is 0 Å². The number of rotatable bonds is 5. The van der Waals surface area contributed by atoms with E-state index in [-0.39, 0.29) is 23.9 Å². The van der Waals surface area contributed by atoms with Crippen LogP contribution in [0.3, 0.4) is 0 Å². The Bertz CT molecular complexity index is 384. The Balaban J connectivity index is 2.31. The molecule has 120 valence electrons. The van der Waals surface area contributed by atoms with Gasteiger partial charge in [-0.1, -0.05) is 46.5 Å². The zero-order chi connectivity index (χ0) is 15.5. The lowest BCUT2D eigenvalue weighted by Crippen LogP contribution is -2.71. The molecule has 4 nitrogen and oxygen atoms in total. The van der Waals surface area contributed by atoms with Gasteiger partial charge in [0.05, 0.1) is 0 Å². The van der Waals surface area contributed by atoms with Gasteiger partial charge in [-0.05, 0) is 32.1 Å². The van der Waals surface area contributed by atoms with E-state index in [1.165, 1.54) is 19.3 Å². The predicted octanol–water partition coefficient (Wildman–Crippen LogP) is 3.01. The van der Waals surface area contributed by atoms with Crippen LogP contribution in [0.5, 0.6) is 0 Å².